The second-order valence-electron chi connectivity index (χ2n) is 5.62. The minimum Gasteiger partial charge on any atom is -0.483 e. The van der Waals surface area contributed by atoms with E-state index in [1.54, 1.807) is 0 Å². The lowest BCUT2D eigenvalue weighted by Crippen LogP contribution is -2.15. The van der Waals surface area contributed by atoms with E-state index in [1.165, 1.54) is 0 Å². The molecule has 0 N–H and O–H groups in total. The third-order valence-electron chi connectivity index (χ3n) is 3.86. The average molecular weight is 352 g/mol. The summed E-state index contributed by atoms with van der Waals surface area (Å²) in [6, 6.07) is 19.0. The largest absolute Gasteiger partial charge is 0.483 e. The Labute approximate surface area is 156 Å². The van der Waals surface area contributed by atoms with Gasteiger partial charge in [0.15, 0.2) is 12.0 Å². The summed E-state index contributed by atoms with van der Waals surface area (Å²) in [5.41, 5.74) is 2.25. The summed E-state index contributed by atoms with van der Waals surface area (Å²) in [4.78, 5) is 17.4. The lowest BCUT2D eigenvalue weighted by molar-refractivity contribution is -0.107. The summed E-state index contributed by atoms with van der Waals surface area (Å²) < 4.78 is 5.56. The van der Waals surface area contributed by atoms with Crippen LogP contribution in [0.2, 0.25) is 0 Å². The molecule has 0 saturated heterocycles. The molecule has 0 bridgehead atoms. The van der Waals surface area contributed by atoms with Crippen LogP contribution in [0.25, 0.3) is 5.70 Å². The Hall–Kier alpha value is -2.72. The Morgan fingerprint density at radius 3 is 2.00 bits per heavy atom. The van der Waals surface area contributed by atoms with E-state index in [4.69, 9.17) is 4.74 Å². The van der Waals surface area contributed by atoms with Gasteiger partial charge in [-0.3, -0.25) is 9.79 Å². The highest BCUT2D eigenvalue weighted by molar-refractivity contribution is 5.86. The monoisotopic (exact) mass is 352 g/mol. The van der Waals surface area contributed by atoms with Gasteiger partial charge < -0.3 is 9.64 Å². The van der Waals surface area contributed by atoms with Crippen LogP contribution in [0.15, 0.2) is 71.4 Å². The number of benzene rings is 2. The van der Waals surface area contributed by atoms with Crippen LogP contribution in [0.4, 0.5) is 0 Å². The molecule has 0 amide bonds. The number of carbonyl (C=O) groups is 1. The maximum atomic E-state index is 11.2. The lowest BCUT2D eigenvalue weighted by atomic mass is 10.1. The van der Waals surface area contributed by atoms with Crippen LogP contribution in [-0.4, -0.2) is 38.0 Å². The number of hydrogen-bond acceptors (Lipinski definition) is 4. The van der Waals surface area contributed by atoms with E-state index in [0.29, 0.717) is 18.6 Å². The van der Waals surface area contributed by atoms with E-state index >= 15 is 0 Å². The molecule has 138 valence electrons. The summed E-state index contributed by atoms with van der Waals surface area (Å²) in [5.74, 6) is 0.190. The minimum absolute atomic E-state index is 0.190. The first-order valence-electron chi connectivity index (χ1n) is 8.73. The second-order valence-corrected chi connectivity index (χ2v) is 5.62. The quantitative estimate of drug-likeness (QED) is 0.305. The standard InChI is InChI=1S/C17H15NO2.C5H13N/c1-18-17(15-10-6-3-7-11-15)16(12-19)20-13-14-8-4-2-5-9-14;1-4-6(3)5-2/h2-12H,1,13H2;4-5H2,1-3H3/b17-16-;. The van der Waals surface area contributed by atoms with E-state index in [9.17, 15) is 4.79 Å². The van der Waals surface area contributed by atoms with Gasteiger partial charge in [-0.05, 0) is 32.4 Å². The number of aldehydes is 1. The van der Waals surface area contributed by atoms with Crippen molar-refractivity contribution in [2.75, 3.05) is 20.1 Å². The smallest absolute Gasteiger partial charge is 0.186 e. The molecule has 0 radical (unpaired) electrons. The first-order valence-corrected chi connectivity index (χ1v) is 8.73. The van der Waals surface area contributed by atoms with Crippen LogP contribution in [0.1, 0.15) is 25.0 Å². The van der Waals surface area contributed by atoms with Gasteiger partial charge in [-0.1, -0.05) is 74.5 Å². The molecular weight excluding hydrogens is 324 g/mol. The molecule has 2 rings (SSSR count). The van der Waals surface area contributed by atoms with Crippen molar-refractivity contribution in [1.29, 1.82) is 0 Å². The zero-order chi connectivity index (χ0) is 19.2. The molecule has 0 fully saturated rings. The summed E-state index contributed by atoms with van der Waals surface area (Å²) in [6.07, 6.45) is 0.667. The summed E-state index contributed by atoms with van der Waals surface area (Å²) >= 11 is 0. The van der Waals surface area contributed by atoms with Crippen molar-refractivity contribution in [3.05, 3.63) is 77.5 Å². The molecule has 0 unspecified atom stereocenters. The predicted molar refractivity (Wildman–Crippen MR) is 109 cm³/mol. The van der Waals surface area contributed by atoms with Gasteiger partial charge in [0, 0.05) is 5.56 Å². The summed E-state index contributed by atoms with van der Waals surface area (Å²) in [7, 11) is 2.11. The number of rotatable bonds is 8. The SMILES string of the molecule is C=N/C(=C(/C=O)OCc1ccccc1)c1ccccc1.CCN(C)CC. The highest BCUT2D eigenvalue weighted by Crippen LogP contribution is 2.20. The van der Waals surface area contributed by atoms with Crippen LogP contribution in [-0.2, 0) is 16.1 Å². The number of allylic oxidation sites excluding steroid dienone is 1. The molecular formula is C22H28N2O2. The Kier molecular flexibility index (Phi) is 10.3. The average Bonchev–Trinajstić information content (AvgIpc) is 2.72. The fraction of sp³-hybridized carbons (Fsp3) is 0.273. The van der Waals surface area contributed by atoms with Gasteiger partial charge in [0.25, 0.3) is 0 Å². The molecule has 2 aromatic carbocycles. The zero-order valence-electron chi connectivity index (χ0n) is 15.9. The van der Waals surface area contributed by atoms with E-state index < -0.39 is 0 Å². The third kappa shape index (κ3) is 7.45. The van der Waals surface area contributed by atoms with Crippen LogP contribution in [0.5, 0.6) is 0 Å². The number of nitrogens with zero attached hydrogens (tertiary/aromatic N) is 2. The number of carbonyl (C=O) groups excluding carboxylic acids is 1. The van der Waals surface area contributed by atoms with Crippen LogP contribution in [0.3, 0.4) is 0 Å². The minimum atomic E-state index is 0.190. The van der Waals surface area contributed by atoms with Crippen molar-refractivity contribution in [3.63, 3.8) is 0 Å². The number of aliphatic imine (C=N–C) groups is 1. The number of hydrogen-bond donors (Lipinski definition) is 0. The normalized spacial score (nSPS) is 11.1. The second kappa shape index (κ2) is 12.6. The van der Waals surface area contributed by atoms with Crippen molar-refractivity contribution in [1.82, 2.24) is 4.90 Å². The van der Waals surface area contributed by atoms with Gasteiger partial charge >= 0.3 is 0 Å². The van der Waals surface area contributed by atoms with Gasteiger partial charge in [0.2, 0.25) is 0 Å². The van der Waals surface area contributed by atoms with Gasteiger partial charge in [-0.2, -0.15) is 0 Å². The summed E-state index contributed by atoms with van der Waals surface area (Å²) in [5, 5.41) is 0. The van der Waals surface area contributed by atoms with Crippen LogP contribution in [0, 0.1) is 0 Å². The maximum absolute atomic E-state index is 11.2. The van der Waals surface area contributed by atoms with Gasteiger partial charge in [0.1, 0.15) is 12.3 Å². The molecule has 26 heavy (non-hydrogen) atoms. The van der Waals surface area contributed by atoms with E-state index in [1.807, 2.05) is 60.7 Å². The topological polar surface area (TPSA) is 41.9 Å². The van der Waals surface area contributed by atoms with E-state index in [0.717, 1.165) is 24.2 Å². The van der Waals surface area contributed by atoms with Gasteiger partial charge in [-0.15, -0.1) is 0 Å². The summed E-state index contributed by atoms with van der Waals surface area (Å²) in [6.45, 7) is 10.5. The van der Waals surface area contributed by atoms with Crippen molar-refractivity contribution >= 4 is 18.7 Å². The molecule has 0 aliphatic heterocycles. The molecule has 0 saturated carbocycles. The van der Waals surface area contributed by atoms with Crippen LogP contribution < -0.4 is 0 Å². The van der Waals surface area contributed by atoms with Crippen LogP contribution >= 0.6 is 0 Å². The van der Waals surface area contributed by atoms with Crippen molar-refractivity contribution in [3.8, 4) is 0 Å². The van der Waals surface area contributed by atoms with E-state index in [2.05, 4.69) is 37.5 Å². The molecule has 4 nitrogen and oxygen atoms in total. The zero-order valence-corrected chi connectivity index (χ0v) is 15.9. The highest BCUT2D eigenvalue weighted by Gasteiger charge is 2.09. The Bertz CT molecular complexity index is 678. The Balaban J connectivity index is 0.000000487. The molecule has 0 atom stereocenters. The highest BCUT2D eigenvalue weighted by atomic mass is 16.5. The Morgan fingerprint density at radius 2 is 1.58 bits per heavy atom. The number of ether oxygens (including phenoxy) is 1. The van der Waals surface area contributed by atoms with Gasteiger partial charge in [-0.25, -0.2) is 0 Å². The molecule has 0 aromatic heterocycles. The maximum Gasteiger partial charge on any atom is 0.186 e. The van der Waals surface area contributed by atoms with Crippen molar-refractivity contribution < 1.29 is 9.53 Å². The third-order valence-corrected chi connectivity index (χ3v) is 3.86. The van der Waals surface area contributed by atoms with Crippen molar-refractivity contribution in [2.24, 2.45) is 4.99 Å². The predicted octanol–water partition coefficient (Wildman–Crippen LogP) is 4.43. The molecule has 2 aromatic rings. The lowest BCUT2D eigenvalue weighted by Gasteiger charge is -2.09. The molecule has 0 aliphatic rings. The molecule has 4 heteroatoms. The van der Waals surface area contributed by atoms with Gasteiger partial charge in [0.05, 0.1) is 0 Å². The fourth-order valence-corrected chi connectivity index (χ4v) is 2.02. The van der Waals surface area contributed by atoms with E-state index in [-0.39, 0.29) is 5.76 Å². The Morgan fingerprint density at radius 1 is 1.04 bits per heavy atom. The van der Waals surface area contributed by atoms with Crippen molar-refractivity contribution in [2.45, 2.75) is 20.5 Å². The molecule has 0 aliphatic carbocycles. The fourth-order valence-electron chi connectivity index (χ4n) is 2.02. The first-order chi connectivity index (χ1) is 12.7. The molecule has 0 spiro atoms. The first kappa shape index (κ1) is 21.3. The molecule has 0 heterocycles.